The van der Waals surface area contributed by atoms with Gasteiger partial charge in [0.15, 0.2) is 11.0 Å². The van der Waals surface area contributed by atoms with Crippen molar-refractivity contribution in [3.8, 4) is 0 Å². The van der Waals surface area contributed by atoms with Crippen LogP contribution in [0.2, 0.25) is 10.2 Å². The fourth-order valence-corrected chi connectivity index (χ4v) is 1.30. The van der Waals surface area contributed by atoms with Gasteiger partial charge in [-0.1, -0.05) is 30.1 Å². The van der Waals surface area contributed by atoms with E-state index in [9.17, 15) is 4.79 Å². The normalized spacial score (nSPS) is 12.2. The Kier molecular flexibility index (Phi) is 4.92. The number of anilines is 1. The van der Waals surface area contributed by atoms with Crippen LogP contribution in [-0.2, 0) is 4.79 Å². The zero-order chi connectivity index (χ0) is 12.1. The Bertz CT molecular complexity index is 386. The fourth-order valence-electron chi connectivity index (χ4n) is 1.02. The van der Waals surface area contributed by atoms with Crippen LogP contribution in [0.25, 0.3) is 0 Å². The van der Waals surface area contributed by atoms with Gasteiger partial charge >= 0.3 is 0 Å². The van der Waals surface area contributed by atoms with Gasteiger partial charge in [0.1, 0.15) is 11.3 Å². The first-order valence-corrected chi connectivity index (χ1v) is 5.46. The molecule has 1 rings (SSSR count). The van der Waals surface area contributed by atoms with Crippen molar-refractivity contribution in [1.82, 2.24) is 9.97 Å². The maximum absolute atomic E-state index is 11.5. The summed E-state index contributed by atoms with van der Waals surface area (Å²) < 4.78 is 0. The quantitative estimate of drug-likeness (QED) is 0.810. The lowest BCUT2D eigenvalue weighted by Crippen LogP contribution is -2.20. The maximum Gasteiger partial charge on any atom is 0.225 e. The molecule has 3 N–H and O–H groups in total. The molecular weight excluding hydrogens is 251 g/mol. The van der Waals surface area contributed by atoms with Gasteiger partial charge in [-0.15, -0.1) is 0 Å². The van der Waals surface area contributed by atoms with Crippen LogP contribution in [0, 0.1) is 5.92 Å². The molecule has 1 unspecified atom stereocenters. The van der Waals surface area contributed by atoms with Crippen molar-refractivity contribution in [2.45, 2.75) is 13.3 Å². The summed E-state index contributed by atoms with van der Waals surface area (Å²) in [7, 11) is 0. The minimum Gasteiger partial charge on any atom is -0.330 e. The van der Waals surface area contributed by atoms with E-state index in [0.717, 1.165) is 0 Å². The predicted molar refractivity (Wildman–Crippen MR) is 63.5 cm³/mol. The van der Waals surface area contributed by atoms with E-state index in [-0.39, 0.29) is 27.8 Å². The average molecular weight is 263 g/mol. The third-order valence-electron chi connectivity index (χ3n) is 1.94. The number of hydrogen-bond acceptors (Lipinski definition) is 4. The molecule has 0 saturated carbocycles. The molecule has 88 valence electrons. The minimum absolute atomic E-state index is 0.107. The molecule has 0 saturated heterocycles. The predicted octanol–water partition coefficient (Wildman–Crippen LogP) is 1.71. The SMILES string of the molecule is CC(CN)CC(=O)Nc1ncnc(Cl)c1Cl. The van der Waals surface area contributed by atoms with Crippen LogP contribution in [-0.4, -0.2) is 22.4 Å². The number of amides is 1. The number of carbonyl (C=O) groups is 1. The Morgan fingerprint density at radius 3 is 2.88 bits per heavy atom. The van der Waals surface area contributed by atoms with E-state index < -0.39 is 0 Å². The molecule has 1 aromatic heterocycles. The van der Waals surface area contributed by atoms with E-state index in [4.69, 9.17) is 28.9 Å². The standard InChI is InChI=1S/C9H12Cl2N4O/c1-5(3-12)2-6(16)15-9-7(10)8(11)13-4-14-9/h4-5H,2-3,12H2,1H3,(H,13,14,15,16). The fraction of sp³-hybridized carbons (Fsp3) is 0.444. The molecular formula is C9H12Cl2N4O. The minimum atomic E-state index is -0.199. The molecule has 0 aliphatic rings. The van der Waals surface area contributed by atoms with Gasteiger partial charge in [-0.25, -0.2) is 9.97 Å². The van der Waals surface area contributed by atoms with Gasteiger partial charge in [-0.05, 0) is 12.5 Å². The summed E-state index contributed by atoms with van der Waals surface area (Å²) in [6, 6.07) is 0. The third kappa shape index (κ3) is 3.59. The van der Waals surface area contributed by atoms with Crippen molar-refractivity contribution in [1.29, 1.82) is 0 Å². The summed E-state index contributed by atoms with van der Waals surface area (Å²) in [5.74, 6) is 0.126. The zero-order valence-corrected chi connectivity index (χ0v) is 10.2. The van der Waals surface area contributed by atoms with Crippen LogP contribution in [0.3, 0.4) is 0 Å². The van der Waals surface area contributed by atoms with Crippen LogP contribution < -0.4 is 11.1 Å². The molecule has 1 heterocycles. The number of hydrogen-bond donors (Lipinski definition) is 2. The van der Waals surface area contributed by atoms with Gasteiger partial charge in [0.25, 0.3) is 0 Å². The molecule has 0 spiro atoms. The number of nitrogens with zero attached hydrogens (tertiary/aromatic N) is 2. The van der Waals surface area contributed by atoms with Crippen LogP contribution in [0.1, 0.15) is 13.3 Å². The lowest BCUT2D eigenvalue weighted by Gasteiger charge is -2.09. The van der Waals surface area contributed by atoms with Crippen molar-refractivity contribution in [2.24, 2.45) is 11.7 Å². The number of carbonyl (C=O) groups excluding carboxylic acids is 1. The molecule has 5 nitrogen and oxygen atoms in total. The van der Waals surface area contributed by atoms with Gasteiger partial charge in [0, 0.05) is 6.42 Å². The largest absolute Gasteiger partial charge is 0.330 e. The van der Waals surface area contributed by atoms with E-state index in [1.54, 1.807) is 0 Å². The topological polar surface area (TPSA) is 80.9 Å². The highest BCUT2D eigenvalue weighted by molar-refractivity contribution is 6.42. The molecule has 0 bridgehead atoms. The summed E-state index contributed by atoms with van der Waals surface area (Å²) in [5.41, 5.74) is 5.41. The highest BCUT2D eigenvalue weighted by atomic mass is 35.5. The second-order valence-electron chi connectivity index (χ2n) is 3.42. The van der Waals surface area contributed by atoms with E-state index in [0.29, 0.717) is 13.0 Å². The first kappa shape index (κ1) is 13.2. The molecule has 0 radical (unpaired) electrons. The summed E-state index contributed by atoms with van der Waals surface area (Å²) in [6.07, 6.45) is 1.55. The number of aromatic nitrogens is 2. The van der Waals surface area contributed by atoms with Crippen LogP contribution in [0.4, 0.5) is 5.82 Å². The van der Waals surface area contributed by atoms with E-state index in [1.807, 2.05) is 6.92 Å². The Morgan fingerprint density at radius 1 is 1.56 bits per heavy atom. The van der Waals surface area contributed by atoms with Gasteiger partial charge in [0.05, 0.1) is 0 Å². The second-order valence-corrected chi connectivity index (χ2v) is 4.16. The van der Waals surface area contributed by atoms with Gasteiger partial charge in [-0.3, -0.25) is 4.79 Å². The molecule has 1 amide bonds. The third-order valence-corrected chi connectivity index (χ3v) is 2.68. The van der Waals surface area contributed by atoms with E-state index in [2.05, 4.69) is 15.3 Å². The highest BCUT2D eigenvalue weighted by Gasteiger charge is 2.12. The Balaban J connectivity index is 2.66. The first-order valence-electron chi connectivity index (χ1n) is 4.70. The lowest BCUT2D eigenvalue weighted by molar-refractivity contribution is -0.116. The Labute approximate surface area is 103 Å². The van der Waals surface area contributed by atoms with Crippen LogP contribution in [0.15, 0.2) is 6.33 Å². The first-order chi connectivity index (χ1) is 7.54. The summed E-state index contributed by atoms with van der Waals surface area (Å²) in [4.78, 5) is 19.0. The molecule has 1 atom stereocenters. The summed E-state index contributed by atoms with van der Waals surface area (Å²) in [5, 5.41) is 2.80. The van der Waals surface area contributed by atoms with E-state index >= 15 is 0 Å². The van der Waals surface area contributed by atoms with Crippen molar-refractivity contribution in [3.05, 3.63) is 16.5 Å². The molecule has 0 fully saturated rings. The highest BCUT2D eigenvalue weighted by Crippen LogP contribution is 2.25. The smallest absolute Gasteiger partial charge is 0.225 e. The Morgan fingerprint density at radius 2 is 2.25 bits per heavy atom. The molecule has 1 aromatic rings. The number of halogens is 2. The van der Waals surface area contributed by atoms with Crippen LogP contribution in [0.5, 0.6) is 0 Å². The molecule has 0 aliphatic heterocycles. The molecule has 0 aromatic carbocycles. The lowest BCUT2D eigenvalue weighted by atomic mass is 10.1. The molecule has 16 heavy (non-hydrogen) atoms. The molecule has 0 aliphatic carbocycles. The van der Waals surface area contributed by atoms with Gasteiger partial charge < -0.3 is 11.1 Å². The second kappa shape index (κ2) is 5.98. The number of nitrogens with two attached hydrogens (primary N) is 1. The summed E-state index contributed by atoms with van der Waals surface area (Å²) >= 11 is 11.5. The van der Waals surface area contributed by atoms with Crippen LogP contribution >= 0.6 is 23.2 Å². The van der Waals surface area contributed by atoms with Crippen molar-refractivity contribution < 1.29 is 4.79 Å². The monoisotopic (exact) mass is 262 g/mol. The van der Waals surface area contributed by atoms with Gasteiger partial charge in [-0.2, -0.15) is 0 Å². The van der Waals surface area contributed by atoms with E-state index in [1.165, 1.54) is 6.33 Å². The average Bonchev–Trinajstić information content (AvgIpc) is 2.24. The van der Waals surface area contributed by atoms with Gasteiger partial charge in [0.2, 0.25) is 5.91 Å². The zero-order valence-electron chi connectivity index (χ0n) is 8.70. The number of nitrogens with one attached hydrogen (secondary N) is 1. The number of rotatable bonds is 4. The summed E-state index contributed by atoms with van der Waals surface area (Å²) in [6.45, 7) is 2.33. The maximum atomic E-state index is 11.5. The molecule has 7 heteroatoms. The van der Waals surface area contributed by atoms with Crippen molar-refractivity contribution in [3.63, 3.8) is 0 Å². The van der Waals surface area contributed by atoms with Crippen molar-refractivity contribution >= 4 is 34.9 Å². The van der Waals surface area contributed by atoms with Crippen molar-refractivity contribution in [2.75, 3.05) is 11.9 Å². The Hall–Kier alpha value is -0.910.